The molecule has 6 aromatic rings. The lowest BCUT2D eigenvalue weighted by Crippen LogP contribution is -2.13. The van der Waals surface area contributed by atoms with Crippen LogP contribution in [0.4, 0.5) is 11.4 Å². The van der Waals surface area contributed by atoms with Crippen molar-refractivity contribution in [3.05, 3.63) is 120 Å². The zero-order valence-electron chi connectivity index (χ0n) is 19.8. The summed E-state index contributed by atoms with van der Waals surface area (Å²) in [6.45, 7) is 0.609. The predicted molar refractivity (Wildman–Crippen MR) is 151 cm³/mol. The highest BCUT2D eigenvalue weighted by Crippen LogP contribution is 2.30. The van der Waals surface area contributed by atoms with Crippen molar-refractivity contribution in [2.45, 2.75) is 6.54 Å². The molecule has 0 saturated heterocycles. The standard InChI is InChI=1S/C30H23N5OS/c31-26-13-12-24(29-9-4-14-37-29)17-27(26)32-30(36)25-8-3-7-23(16-25)28-19-35(34-33-28)18-20-10-11-21-5-1-2-6-22(21)15-20/h1-17,19H,18,31H2,(H,32,36). The second-order valence-electron chi connectivity index (χ2n) is 8.80. The molecular weight excluding hydrogens is 478 g/mol. The molecule has 1 amide bonds. The van der Waals surface area contributed by atoms with E-state index in [0.717, 1.165) is 21.6 Å². The molecule has 0 atom stereocenters. The van der Waals surface area contributed by atoms with Crippen LogP contribution in [0.5, 0.6) is 0 Å². The van der Waals surface area contributed by atoms with Crippen molar-refractivity contribution >= 4 is 39.4 Å². The summed E-state index contributed by atoms with van der Waals surface area (Å²) >= 11 is 1.64. The van der Waals surface area contributed by atoms with E-state index in [1.165, 1.54) is 10.8 Å². The maximum absolute atomic E-state index is 13.1. The Kier molecular flexibility index (Phi) is 5.96. The molecule has 0 aliphatic heterocycles. The third-order valence-electron chi connectivity index (χ3n) is 6.22. The van der Waals surface area contributed by atoms with Crippen molar-refractivity contribution in [2.75, 3.05) is 11.1 Å². The fourth-order valence-electron chi connectivity index (χ4n) is 4.31. The Balaban J connectivity index is 1.20. The molecule has 0 radical (unpaired) electrons. The summed E-state index contributed by atoms with van der Waals surface area (Å²) in [6, 6.07) is 31.8. The summed E-state index contributed by atoms with van der Waals surface area (Å²) in [4.78, 5) is 14.2. The van der Waals surface area contributed by atoms with Crippen molar-refractivity contribution in [2.24, 2.45) is 0 Å². The van der Waals surface area contributed by atoms with Crippen LogP contribution in [0.3, 0.4) is 0 Å². The Morgan fingerprint density at radius 2 is 1.76 bits per heavy atom. The number of fused-ring (bicyclic) bond motifs is 1. The summed E-state index contributed by atoms with van der Waals surface area (Å²) in [5.41, 5.74) is 11.4. The molecule has 0 unspecified atom stereocenters. The van der Waals surface area contributed by atoms with Crippen LogP contribution in [-0.2, 0) is 6.54 Å². The number of anilines is 2. The molecule has 3 N–H and O–H groups in total. The summed E-state index contributed by atoms with van der Waals surface area (Å²) in [5.74, 6) is -0.236. The van der Waals surface area contributed by atoms with Gasteiger partial charge in [-0.3, -0.25) is 4.79 Å². The van der Waals surface area contributed by atoms with Gasteiger partial charge >= 0.3 is 0 Å². The van der Waals surface area contributed by atoms with Crippen LogP contribution in [0.1, 0.15) is 15.9 Å². The monoisotopic (exact) mass is 501 g/mol. The van der Waals surface area contributed by atoms with E-state index in [9.17, 15) is 4.79 Å². The first kappa shape index (κ1) is 22.7. The summed E-state index contributed by atoms with van der Waals surface area (Å²) < 4.78 is 1.81. The van der Waals surface area contributed by atoms with Gasteiger partial charge in [-0.1, -0.05) is 65.9 Å². The fraction of sp³-hybridized carbons (Fsp3) is 0.0333. The highest BCUT2D eigenvalue weighted by molar-refractivity contribution is 7.13. The molecule has 0 saturated carbocycles. The smallest absolute Gasteiger partial charge is 0.255 e. The molecule has 180 valence electrons. The molecule has 0 aliphatic rings. The average molecular weight is 502 g/mol. The molecule has 37 heavy (non-hydrogen) atoms. The number of carbonyl (C=O) groups excluding carboxylic acids is 1. The Morgan fingerprint density at radius 3 is 2.62 bits per heavy atom. The maximum Gasteiger partial charge on any atom is 0.255 e. The van der Waals surface area contributed by atoms with Crippen LogP contribution in [0, 0.1) is 0 Å². The van der Waals surface area contributed by atoms with Gasteiger partial charge in [0.2, 0.25) is 0 Å². The fourth-order valence-corrected chi connectivity index (χ4v) is 5.03. The lowest BCUT2D eigenvalue weighted by atomic mass is 10.1. The van der Waals surface area contributed by atoms with Crippen LogP contribution in [0.15, 0.2) is 109 Å². The molecule has 2 aromatic heterocycles. The molecule has 6 nitrogen and oxygen atoms in total. The number of nitrogens with two attached hydrogens (primary N) is 1. The van der Waals surface area contributed by atoms with Crippen LogP contribution in [0.25, 0.3) is 32.5 Å². The first-order valence-electron chi connectivity index (χ1n) is 11.9. The van der Waals surface area contributed by atoms with E-state index >= 15 is 0 Å². The highest BCUT2D eigenvalue weighted by atomic mass is 32.1. The van der Waals surface area contributed by atoms with Crippen molar-refractivity contribution in [1.29, 1.82) is 0 Å². The zero-order chi connectivity index (χ0) is 25.2. The molecule has 0 bridgehead atoms. The summed E-state index contributed by atoms with van der Waals surface area (Å²) in [5, 5.41) is 16.0. The molecular formula is C30H23N5OS. The first-order valence-corrected chi connectivity index (χ1v) is 12.7. The van der Waals surface area contributed by atoms with E-state index in [1.54, 1.807) is 17.4 Å². The van der Waals surface area contributed by atoms with Crippen molar-refractivity contribution in [1.82, 2.24) is 15.0 Å². The first-order chi connectivity index (χ1) is 18.1. The number of rotatable bonds is 6. The molecule has 0 spiro atoms. The number of benzene rings is 4. The number of hydrogen-bond donors (Lipinski definition) is 2. The minimum Gasteiger partial charge on any atom is -0.397 e. The Morgan fingerprint density at radius 1 is 0.865 bits per heavy atom. The van der Waals surface area contributed by atoms with Gasteiger partial charge in [0.25, 0.3) is 5.91 Å². The van der Waals surface area contributed by atoms with Gasteiger partial charge in [0.05, 0.1) is 24.1 Å². The number of nitrogen functional groups attached to an aromatic ring is 1. The van der Waals surface area contributed by atoms with Crippen LogP contribution < -0.4 is 11.1 Å². The molecule has 0 fully saturated rings. The summed E-state index contributed by atoms with van der Waals surface area (Å²) in [7, 11) is 0. The van der Waals surface area contributed by atoms with Gasteiger partial charge in [0, 0.05) is 16.0 Å². The van der Waals surface area contributed by atoms with Crippen LogP contribution in [0.2, 0.25) is 0 Å². The van der Waals surface area contributed by atoms with Gasteiger partial charge in [-0.2, -0.15) is 0 Å². The van der Waals surface area contributed by atoms with E-state index in [1.807, 2.05) is 76.9 Å². The lowest BCUT2D eigenvalue weighted by Gasteiger charge is -2.10. The number of aromatic nitrogens is 3. The second kappa shape index (κ2) is 9.72. The van der Waals surface area contributed by atoms with Gasteiger partial charge in [-0.15, -0.1) is 16.4 Å². The van der Waals surface area contributed by atoms with Gasteiger partial charge in [-0.25, -0.2) is 4.68 Å². The van der Waals surface area contributed by atoms with Crippen LogP contribution in [-0.4, -0.2) is 20.9 Å². The van der Waals surface area contributed by atoms with Gasteiger partial charge in [0.15, 0.2) is 0 Å². The SMILES string of the molecule is Nc1ccc(-c2cccs2)cc1NC(=O)c1cccc(-c2cn(Cc3ccc4ccccc4c3)nn2)c1. The topological polar surface area (TPSA) is 85.8 Å². The zero-order valence-corrected chi connectivity index (χ0v) is 20.7. The summed E-state index contributed by atoms with van der Waals surface area (Å²) in [6.07, 6.45) is 1.90. The van der Waals surface area contributed by atoms with E-state index in [4.69, 9.17) is 5.73 Å². The van der Waals surface area contributed by atoms with Gasteiger partial charge in [0.1, 0.15) is 5.69 Å². The van der Waals surface area contributed by atoms with E-state index in [-0.39, 0.29) is 5.91 Å². The number of amides is 1. The quantitative estimate of drug-likeness (QED) is 0.248. The molecule has 0 aliphatic carbocycles. The van der Waals surface area contributed by atoms with E-state index in [2.05, 4.69) is 46.0 Å². The number of carbonyl (C=O) groups is 1. The Hall–Kier alpha value is -4.75. The molecule has 2 heterocycles. The second-order valence-corrected chi connectivity index (χ2v) is 9.74. The van der Waals surface area contributed by atoms with E-state index in [0.29, 0.717) is 29.2 Å². The van der Waals surface area contributed by atoms with Crippen molar-refractivity contribution in [3.63, 3.8) is 0 Å². The van der Waals surface area contributed by atoms with Crippen molar-refractivity contribution < 1.29 is 4.79 Å². The Labute approximate surface area is 218 Å². The molecule has 7 heteroatoms. The number of nitrogens with zero attached hydrogens (tertiary/aromatic N) is 3. The minimum absolute atomic E-state index is 0.236. The normalized spacial score (nSPS) is 11.0. The largest absolute Gasteiger partial charge is 0.397 e. The number of thiophene rings is 1. The molecule has 6 rings (SSSR count). The van der Waals surface area contributed by atoms with Crippen LogP contribution >= 0.6 is 11.3 Å². The third kappa shape index (κ3) is 4.85. The van der Waals surface area contributed by atoms with Gasteiger partial charge in [-0.05, 0) is 63.7 Å². The number of hydrogen-bond acceptors (Lipinski definition) is 5. The Bertz CT molecular complexity index is 1720. The molecule has 4 aromatic carbocycles. The average Bonchev–Trinajstić information content (AvgIpc) is 3.63. The predicted octanol–water partition coefficient (Wildman–Crippen LogP) is 6.71. The lowest BCUT2D eigenvalue weighted by molar-refractivity contribution is 0.102. The highest BCUT2D eigenvalue weighted by Gasteiger charge is 2.12. The third-order valence-corrected chi connectivity index (χ3v) is 7.14. The van der Waals surface area contributed by atoms with Gasteiger partial charge < -0.3 is 11.1 Å². The number of nitrogens with one attached hydrogen (secondary N) is 1. The van der Waals surface area contributed by atoms with E-state index < -0.39 is 0 Å². The van der Waals surface area contributed by atoms with Crippen molar-refractivity contribution in [3.8, 4) is 21.7 Å². The minimum atomic E-state index is -0.236. The maximum atomic E-state index is 13.1.